The number of non-ortho nitro benzene ring substituents is 1. The zero-order valence-electron chi connectivity index (χ0n) is 10.8. The maximum atomic E-state index is 11.0. The molecule has 2 heterocycles. The van der Waals surface area contributed by atoms with E-state index in [1.165, 1.54) is 18.3 Å². The van der Waals surface area contributed by atoms with Crippen molar-refractivity contribution < 1.29 is 9.66 Å². The molecule has 104 valence electrons. The lowest BCUT2D eigenvalue weighted by Gasteiger charge is -2.08. The highest BCUT2D eigenvalue weighted by Gasteiger charge is 2.16. The lowest BCUT2D eigenvalue weighted by molar-refractivity contribution is -0.383. The van der Waals surface area contributed by atoms with E-state index in [0.29, 0.717) is 22.8 Å². The first-order chi connectivity index (χ1) is 10.1. The van der Waals surface area contributed by atoms with Gasteiger partial charge in [-0.2, -0.15) is 4.98 Å². The van der Waals surface area contributed by atoms with Crippen molar-refractivity contribution in [2.75, 3.05) is 5.73 Å². The van der Waals surface area contributed by atoms with Crippen LogP contribution in [0.5, 0.6) is 11.6 Å². The van der Waals surface area contributed by atoms with E-state index in [0.717, 1.165) is 0 Å². The second-order valence-corrected chi connectivity index (χ2v) is 4.24. The smallest absolute Gasteiger partial charge is 0.295 e. The van der Waals surface area contributed by atoms with Crippen LogP contribution < -0.4 is 10.5 Å². The van der Waals surface area contributed by atoms with Gasteiger partial charge in [0.15, 0.2) is 5.52 Å². The number of nitro benzene ring substituents is 1. The Labute approximate surface area is 119 Å². The molecule has 2 N–H and O–H groups in total. The molecular formula is C14H10N4O3. The predicted octanol–water partition coefficient (Wildman–Crippen LogP) is 2.91. The Morgan fingerprint density at radius 2 is 2.00 bits per heavy atom. The third kappa shape index (κ3) is 2.44. The average Bonchev–Trinajstić information content (AvgIpc) is 2.47. The second-order valence-electron chi connectivity index (χ2n) is 4.24. The summed E-state index contributed by atoms with van der Waals surface area (Å²) in [5, 5.41) is 11.6. The number of nitrogens with two attached hydrogens (primary N) is 1. The van der Waals surface area contributed by atoms with Crippen molar-refractivity contribution in [3.05, 3.63) is 58.8 Å². The lowest BCUT2D eigenvalue weighted by Crippen LogP contribution is -1.96. The molecule has 0 radical (unpaired) electrons. The number of fused-ring (bicyclic) bond motifs is 1. The number of ether oxygens (including phenoxy) is 1. The summed E-state index contributed by atoms with van der Waals surface area (Å²) in [5.74, 6) is 1.08. The van der Waals surface area contributed by atoms with Crippen molar-refractivity contribution in [2.24, 2.45) is 0 Å². The number of hydrogen-bond acceptors (Lipinski definition) is 6. The van der Waals surface area contributed by atoms with Gasteiger partial charge in [0.2, 0.25) is 5.88 Å². The fourth-order valence-corrected chi connectivity index (χ4v) is 1.97. The van der Waals surface area contributed by atoms with Crippen molar-refractivity contribution in [1.29, 1.82) is 0 Å². The summed E-state index contributed by atoms with van der Waals surface area (Å²) < 4.78 is 5.65. The van der Waals surface area contributed by atoms with E-state index in [1.807, 2.05) is 0 Å². The van der Waals surface area contributed by atoms with Crippen LogP contribution in [-0.4, -0.2) is 14.9 Å². The summed E-state index contributed by atoms with van der Waals surface area (Å²) >= 11 is 0. The Hall–Kier alpha value is -3.22. The molecule has 2 aromatic heterocycles. The first-order valence-corrected chi connectivity index (χ1v) is 6.07. The molecule has 0 bridgehead atoms. The van der Waals surface area contributed by atoms with Gasteiger partial charge < -0.3 is 10.5 Å². The molecule has 3 rings (SSSR count). The van der Waals surface area contributed by atoms with E-state index < -0.39 is 4.92 Å². The Morgan fingerprint density at radius 1 is 1.14 bits per heavy atom. The zero-order chi connectivity index (χ0) is 14.8. The summed E-state index contributed by atoms with van der Waals surface area (Å²) in [7, 11) is 0. The van der Waals surface area contributed by atoms with Crippen LogP contribution in [0.1, 0.15) is 0 Å². The Morgan fingerprint density at radius 3 is 2.76 bits per heavy atom. The number of aromatic nitrogens is 2. The summed E-state index contributed by atoms with van der Waals surface area (Å²) in [4.78, 5) is 18.6. The lowest BCUT2D eigenvalue weighted by atomic mass is 10.1. The van der Waals surface area contributed by atoms with Gasteiger partial charge >= 0.3 is 0 Å². The largest absolute Gasteiger partial charge is 0.438 e. The standard InChI is InChI=1S/C14H10N4O3/c15-12-4-1-5-13(17-12)21-11-7-6-10(18(19)20)14-9(11)3-2-8-16-14/h1-8H,(H2,15,17). The van der Waals surface area contributed by atoms with E-state index >= 15 is 0 Å². The molecule has 0 amide bonds. The van der Waals surface area contributed by atoms with E-state index in [-0.39, 0.29) is 11.2 Å². The predicted molar refractivity (Wildman–Crippen MR) is 77.1 cm³/mol. The molecule has 0 unspecified atom stereocenters. The van der Waals surface area contributed by atoms with Crippen LogP contribution in [0.3, 0.4) is 0 Å². The van der Waals surface area contributed by atoms with Crippen LogP contribution in [0.25, 0.3) is 10.9 Å². The number of anilines is 1. The molecule has 0 saturated heterocycles. The number of benzene rings is 1. The minimum Gasteiger partial charge on any atom is -0.438 e. The molecule has 0 aliphatic rings. The molecule has 7 nitrogen and oxygen atoms in total. The van der Waals surface area contributed by atoms with Gasteiger partial charge in [-0.1, -0.05) is 6.07 Å². The highest BCUT2D eigenvalue weighted by molar-refractivity contribution is 5.92. The van der Waals surface area contributed by atoms with Crippen molar-refractivity contribution in [2.45, 2.75) is 0 Å². The Bertz CT molecular complexity index is 835. The van der Waals surface area contributed by atoms with E-state index in [1.54, 1.807) is 30.3 Å². The first-order valence-electron chi connectivity index (χ1n) is 6.07. The number of pyridine rings is 2. The number of nitrogen functional groups attached to an aromatic ring is 1. The van der Waals surface area contributed by atoms with Crippen LogP contribution in [0.2, 0.25) is 0 Å². The van der Waals surface area contributed by atoms with Crippen molar-refractivity contribution in [3.63, 3.8) is 0 Å². The van der Waals surface area contributed by atoms with Gasteiger partial charge in [-0.3, -0.25) is 10.1 Å². The van der Waals surface area contributed by atoms with Crippen LogP contribution in [-0.2, 0) is 0 Å². The van der Waals surface area contributed by atoms with E-state index in [2.05, 4.69) is 9.97 Å². The van der Waals surface area contributed by atoms with Gasteiger partial charge in [0.05, 0.1) is 10.3 Å². The third-order valence-corrected chi connectivity index (χ3v) is 2.86. The molecule has 0 aliphatic heterocycles. The van der Waals surface area contributed by atoms with Gasteiger partial charge in [0.25, 0.3) is 5.69 Å². The van der Waals surface area contributed by atoms with Crippen LogP contribution in [0.4, 0.5) is 11.5 Å². The normalized spacial score (nSPS) is 10.5. The number of nitro groups is 1. The average molecular weight is 282 g/mol. The molecule has 0 atom stereocenters. The summed E-state index contributed by atoms with van der Waals surface area (Å²) in [5.41, 5.74) is 5.79. The fraction of sp³-hybridized carbons (Fsp3) is 0. The van der Waals surface area contributed by atoms with Gasteiger partial charge in [-0.25, -0.2) is 4.98 Å². The summed E-state index contributed by atoms with van der Waals surface area (Å²) in [6.07, 6.45) is 1.50. The molecule has 1 aromatic carbocycles. The SMILES string of the molecule is Nc1cccc(Oc2ccc([N+](=O)[O-])c3ncccc23)n1. The van der Waals surface area contributed by atoms with Gasteiger partial charge in [-0.05, 0) is 24.3 Å². The minimum atomic E-state index is -0.474. The Balaban J connectivity index is 2.12. The third-order valence-electron chi connectivity index (χ3n) is 2.86. The molecule has 3 aromatic rings. The van der Waals surface area contributed by atoms with Crippen LogP contribution >= 0.6 is 0 Å². The quantitative estimate of drug-likeness (QED) is 0.585. The van der Waals surface area contributed by atoms with Gasteiger partial charge in [0.1, 0.15) is 11.6 Å². The van der Waals surface area contributed by atoms with Crippen molar-refractivity contribution >= 4 is 22.4 Å². The highest BCUT2D eigenvalue weighted by Crippen LogP contribution is 2.33. The van der Waals surface area contributed by atoms with Crippen molar-refractivity contribution in [1.82, 2.24) is 9.97 Å². The molecule has 0 aliphatic carbocycles. The first kappa shape index (κ1) is 12.8. The fourth-order valence-electron chi connectivity index (χ4n) is 1.97. The number of hydrogen-bond donors (Lipinski definition) is 1. The minimum absolute atomic E-state index is 0.0708. The molecule has 21 heavy (non-hydrogen) atoms. The maximum absolute atomic E-state index is 11.0. The molecule has 0 spiro atoms. The van der Waals surface area contributed by atoms with Crippen LogP contribution in [0, 0.1) is 10.1 Å². The highest BCUT2D eigenvalue weighted by atomic mass is 16.6. The van der Waals surface area contributed by atoms with Gasteiger partial charge in [0, 0.05) is 18.3 Å². The topological polar surface area (TPSA) is 104 Å². The van der Waals surface area contributed by atoms with E-state index in [4.69, 9.17) is 10.5 Å². The molecule has 0 saturated carbocycles. The Kier molecular flexibility index (Phi) is 3.07. The monoisotopic (exact) mass is 282 g/mol. The van der Waals surface area contributed by atoms with Crippen molar-refractivity contribution in [3.8, 4) is 11.6 Å². The number of rotatable bonds is 3. The molecule has 7 heteroatoms. The zero-order valence-corrected chi connectivity index (χ0v) is 10.8. The summed E-state index contributed by atoms with van der Waals surface area (Å²) in [6.45, 7) is 0. The number of nitrogens with zero attached hydrogens (tertiary/aromatic N) is 3. The van der Waals surface area contributed by atoms with Crippen LogP contribution in [0.15, 0.2) is 48.7 Å². The van der Waals surface area contributed by atoms with Gasteiger partial charge in [-0.15, -0.1) is 0 Å². The molecule has 0 fully saturated rings. The maximum Gasteiger partial charge on any atom is 0.295 e. The summed E-state index contributed by atoms with van der Waals surface area (Å²) in [6, 6.07) is 11.3. The second kappa shape index (κ2) is 5.04. The van der Waals surface area contributed by atoms with E-state index in [9.17, 15) is 10.1 Å². The molecular weight excluding hydrogens is 272 g/mol.